The van der Waals surface area contributed by atoms with E-state index in [9.17, 15) is 0 Å². The minimum atomic E-state index is 0.124. The summed E-state index contributed by atoms with van der Waals surface area (Å²) in [5.41, 5.74) is 7.92. The topological polar surface area (TPSA) is 85.1 Å². The van der Waals surface area contributed by atoms with E-state index in [-0.39, 0.29) is 6.04 Å². The maximum absolute atomic E-state index is 6.12. The maximum atomic E-state index is 6.12. The Balaban J connectivity index is 1.93. The van der Waals surface area contributed by atoms with Crippen molar-refractivity contribution < 1.29 is 4.74 Å². The molecule has 6 nitrogen and oxygen atoms in total. The molecule has 118 valence electrons. The smallest absolute Gasteiger partial charge is 0.155 e. The number of nitrogen functional groups attached to an aromatic ring is 1. The van der Waals surface area contributed by atoms with Crippen molar-refractivity contribution in [1.29, 1.82) is 0 Å². The molecule has 1 aromatic carbocycles. The summed E-state index contributed by atoms with van der Waals surface area (Å²) in [5.74, 6) is 1.28. The van der Waals surface area contributed by atoms with E-state index in [0.717, 1.165) is 13.0 Å². The molecule has 0 bridgehead atoms. The van der Waals surface area contributed by atoms with Crippen LogP contribution in [0.4, 0.5) is 17.3 Å². The highest BCUT2D eigenvalue weighted by molar-refractivity contribution is 5.74. The van der Waals surface area contributed by atoms with Crippen LogP contribution in [0.3, 0.4) is 0 Å². The van der Waals surface area contributed by atoms with Crippen molar-refractivity contribution in [3.8, 4) is 0 Å². The molecule has 0 aliphatic carbocycles. The molecule has 0 fully saturated rings. The lowest BCUT2D eigenvalue weighted by Crippen LogP contribution is -2.22. The highest BCUT2D eigenvalue weighted by Gasteiger charge is 2.10. The lowest BCUT2D eigenvalue weighted by molar-refractivity contribution is 0.190. The molecule has 1 atom stereocenters. The van der Waals surface area contributed by atoms with Gasteiger partial charge in [0.05, 0.1) is 6.61 Å². The maximum Gasteiger partial charge on any atom is 0.155 e. The normalized spacial score (nSPS) is 11.9. The predicted molar refractivity (Wildman–Crippen MR) is 90.0 cm³/mol. The summed E-state index contributed by atoms with van der Waals surface area (Å²) in [6.07, 6.45) is 2.41. The molecule has 2 rings (SSSR count). The Bertz CT molecular complexity index is 576. The van der Waals surface area contributed by atoms with E-state index in [1.807, 2.05) is 25.1 Å². The van der Waals surface area contributed by atoms with Crippen molar-refractivity contribution in [2.24, 2.45) is 0 Å². The predicted octanol–water partition coefficient (Wildman–Crippen LogP) is 2.16. The third kappa shape index (κ3) is 4.60. The Morgan fingerprint density at radius 1 is 1.18 bits per heavy atom. The van der Waals surface area contributed by atoms with E-state index >= 15 is 0 Å². The van der Waals surface area contributed by atoms with Crippen molar-refractivity contribution in [2.75, 3.05) is 36.6 Å². The van der Waals surface area contributed by atoms with Crippen molar-refractivity contribution >= 4 is 17.3 Å². The molecule has 22 heavy (non-hydrogen) atoms. The Kier molecular flexibility index (Phi) is 5.97. The number of benzene rings is 1. The number of nitrogens with two attached hydrogens (primary N) is 1. The first-order valence-electron chi connectivity index (χ1n) is 7.34. The van der Waals surface area contributed by atoms with E-state index in [0.29, 0.717) is 23.9 Å². The highest BCUT2D eigenvalue weighted by atomic mass is 16.5. The number of nitrogens with zero attached hydrogens (tertiary/aromatic N) is 2. The molecule has 1 heterocycles. The van der Waals surface area contributed by atoms with Crippen LogP contribution in [0, 0.1) is 0 Å². The molecule has 0 amide bonds. The number of hydrogen-bond donors (Lipinski definition) is 3. The molecule has 0 spiro atoms. The van der Waals surface area contributed by atoms with E-state index < -0.39 is 0 Å². The summed E-state index contributed by atoms with van der Waals surface area (Å²) in [7, 11) is 1.66. The monoisotopic (exact) mass is 301 g/mol. The van der Waals surface area contributed by atoms with Crippen molar-refractivity contribution in [3.05, 3.63) is 42.2 Å². The minimum absolute atomic E-state index is 0.124. The summed E-state index contributed by atoms with van der Waals surface area (Å²) in [5, 5.41) is 6.48. The van der Waals surface area contributed by atoms with Crippen LogP contribution < -0.4 is 16.4 Å². The van der Waals surface area contributed by atoms with Gasteiger partial charge in [-0.3, -0.25) is 0 Å². The van der Waals surface area contributed by atoms with E-state index in [1.165, 1.54) is 11.9 Å². The van der Waals surface area contributed by atoms with Crippen LogP contribution >= 0.6 is 0 Å². The van der Waals surface area contributed by atoms with Gasteiger partial charge in [0.1, 0.15) is 12.0 Å². The highest BCUT2D eigenvalue weighted by Crippen LogP contribution is 2.22. The van der Waals surface area contributed by atoms with Crippen LogP contribution in [0.1, 0.15) is 12.5 Å². The summed E-state index contributed by atoms with van der Waals surface area (Å²) < 4.78 is 5.10. The van der Waals surface area contributed by atoms with Crippen molar-refractivity contribution in [2.45, 2.75) is 19.4 Å². The lowest BCUT2D eigenvalue weighted by atomic mass is 10.1. The van der Waals surface area contributed by atoms with Crippen LogP contribution in [0.5, 0.6) is 0 Å². The SMILES string of the molecule is COCC(C)Nc1ncnc(NCCc2ccccc2)c1N. The van der Waals surface area contributed by atoms with Crippen molar-refractivity contribution in [3.63, 3.8) is 0 Å². The Hall–Kier alpha value is -2.34. The van der Waals surface area contributed by atoms with Crippen LogP contribution in [0.15, 0.2) is 36.7 Å². The second-order valence-corrected chi connectivity index (χ2v) is 5.15. The fraction of sp³-hybridized carbons (Fsp3) is 0.375. The van der Waals surface area contributed by atoms with Crippen LogP contribution in [0.2, 0.25) is 0 Å². The number of anilines is 3. The van der Waals surface area contributed by atoms with Gasteiger partial charge in [-0.15, -0.1) is 0 Å². The van der Waals surface area contributed by atoms with E-state index in [2.05, 4.69) is 32.7 Å². The van der Waals surface area contributed by atoms with Gasteiger partial charge in [-0.05, 0) is 18.9 Å². The molecule has 1 aromatic heterocycles. The average Bonchev–Trinajstić information content (AvgIpc) is 2.52. The molecule has 0 radical (unpaired) electrons. The fourth-order valence-electron chi connectivity index (χ4n) is 2.15. The number of methoxy groups -OCH3 is 1. The molecule has 2 aromatic rings. The molecular formula is C16H23N5O. The first-order chi connectivity index (χ1) is 10.7. The summed E-state index contributed by atoms with van der Waals surface area (Å²) >= 11 is 0. The fourth-order valence-corrected chi connectivity index (χ4v) is 2.15. The Morgan fingerprint density at radius 2 is 1.91 bits per heavy atom. The summed E-state index contributed by atoms with van der Waals surface area (Å²) in [6.45, 7) is 3.35. The van der Waals surface area contributed by atoms with Gasteiger partial charge in [0, 0.05) is 19.7 Å². The van der Waals surface area contributed by atoms with Gasteiger partial charge in [-0.2, -0.15) is 0 Å². The Labute approximate surface area is 131 Å². The van der Waals surface area contributed by atoms with Gasteiger partial charge in [-0.25, -0.2) is 9.97 Å². The largest absolute Gasteiger partial charge is 0.393 e. The number of aromatic nitrogens is 2. The van der Waals surface area contributed by atoms with Crippen LogP contribution in [-0.2, 0) is 11.2 Å². The van der Waals surface area contributed by atoms with Gasteiger partial charge in [0.15, 0.2) is 11.6 Å². The zero-order valence-electron chi connectivity index (χ0n) is 13.0. The number of hydrogen-bond acceptors (Lipinski definition) is 6. The third-order valence-corrected chi connectivity index (χ3v) is 3.23. The second kappa shape index (κ2) is 8.19. The number of rotatable bonds is 8. The van der Waals surface area contributed by atoms with E-state index in [1.54, 1.807) is 7.11 Å². The lowest BCUT2D eigenvalue weighted by Gasteiger charge is -2.16. The minimum Gasteiger partial charge on any atom is -0.393 e. The summed E-state index contributed by atoms with van der Waals surface area (Å²) in [4.78, 5) is 8.39. The molecule has 0 saturated carbocycles. The first kappa shape index (κ1) is 16.0. The molecular weight excluding hydrogens is 278 g/mol. The standard InChI is InChI=1S/C16H23N5O/c1-12(10-22-2)21-16-14(17)15(19-11-20-16)18-9-8-13-6-4-3-5-7-13/h3-7,11-12H,8-10,17H2,1-2H3,(H2,18,19,20,21). The van der Waals surface area contributed by atoms with Gasteiger partial charge >= 0.3 is 0 Å². The molecule has 0 saturated heterocycles. The molecule has 0 aliphatic rings. The first-order valence-corrected chi connectivity index (χ1v) is 7.34. The van der Waals surface area contributed by atoms with Crippen LogP contribution in [0.25, 0.3) is 0 Å². The molecule has 6 heteroatoms. The quantitative estimate of drug-likeness (QED) is 0.693. The summed E-state index contributed by atoms with van der Waals surface area (Å²) in [6, 6.07) is 10.4. The van der Waals surface area contributed by atoms with E-state index in [4.69, 9.17) is 10.5 Å². The van der Waals surface area contributed by atoms with Gasteiger partial charge in [0.25, 0.3) is 0 Å². The van der Waals surface area contributed by atoms with Crippen LogP contribution in [-0.4, -0.2) is 36.3 Å². The van der Waals surface area contributed by atoms with Crippen molar-refractivity contribution in [1.82, 2.24) is 9.97 Å². The zero-order valence-corrected chi connectivity index (χ0v) is 13.0. The third-order valence-electron chi connectivity index (χ3n) is 3.23. The zero-order chi connectivity index (χ0) is 15.8. The second-order valence-electron chi connectivity index (χ2n) is 5.15. The average molecular weight is 301 g/mol. The number of nitrogens with one attached hydrogen (secondary N) is 2. The Morgan fingerprint density at radius 3 is 2.64 bits per heavy atom. The molecule has 0 aliphatic heterocycles. The molecule has 1 unspecified atom stereocenters. The van der Waals surface area contributed by atoms with Gasteiger partial charge in [-0.1, -0.05) is 30.3 Å². The molecule has 4 N–H and O–H groups in total. The van der Waals surface area contributed by atoms with Gasteiger partial charge < -0.3 is 21.1 Å². The number of ether oxygens (including phenoxy) is 1. The van der Waals surface area contributed by atoms with Gasteiger partial charge in [0.2, 0.25) is 0 Å².